The summed E-state index contributed by atoms with van der Waals surface area (Å²) in [7, 11) is 1.60. The van der Waals surface area contributed by atoms with Crippen LogP contribution in [0.2, 0.25) is 0 Å². The Kier molecular flexibility index (Phi) is 5.76. The second kappa shape index (κ2) is 7.42. The number of methoxy groups -OCH3 is 1. The highest BCUT2D eigenvalue weighted by atomic mass is 16.5. The molecule has 0 aromatic heterocycles. The second-order valence-electron chi connectivity index (χ2n) is 3.49. The third kappa shape index (κ3) is 4.25. The predicted molar refractivity (Wildman–Crippen MR) is 69.0 cm³/mol. The molecule has 0 heterocycles. The molecule has 0 unspecified atom stereocenters. The van der Waals surface area contributed by atoms with Gasteiger partial charge in [-0.15, -0.1) is 0 Å². The van der Waals surface area contributed by atoms with E-state index in [0.29, 0.717) is 6.61 Å². The molecule has 4 nitrogen and oxygen atoms in total. The van der Waals surface area contributed by atoms with Crippen molar-refractivity contribution in [3.8, 4) is 6.07 Å². The molecule has 1 rings (SSSR count). The molecule has 4 heteroatoms. The number of hydrogen-bond acceptors (Lipinski definition) is 4. The Morgan fingerprint density at radius 2 is 2.12 bits per heavy atom. The number of hydrogen-bond donors (Lipinski definition) is 0. The third-order valence-electron chi connectivity index (χ3n) is 2.21. The standard InChI is InChI=1S/C13H17N3O/c1-3-16(13-7-5-4-6-8-13)15-12(9-10-14)11-17-2/h4-8H,3,9,11H2,1-2H3/b15-12+. The summed E-state index contributed by atoms with van der Waals surface area (Å²) in [6.45, 7) is 3.16. The summed E-state index contributed by atoms with van der Waals surface area (Å²) in [5.74, 6) is 0. The van der Waals surface area contributed by atoms with Crippen molar-refractivity contribution in [3.63, 3.8) is 0 Å². The van der Waals surface area contributed by atoms with Crippen molar-refractivity contribution in [2.24, 2.45) is 5.10 Å². The highest BCUT2D eigenvalue weighted by Crippen LogP contribution is 2.13. The number of hydrazone groups is 1. The zero-order valence-corrected chi connectivity index (χ0v) is 10.3. The summed E-state index contributed by atoms with van der Waals surface area (Å²) in [6, 6.07) is 12.0. The van der Waals surface area contributed by atoms with E-state index < -0.39 is 0 Å². The van der Waals surface area contributed by atoms with Gasteiger partial charge in [0.2, 0.25) is 0 Å². The Balaban J connectivity index is 2.87. The molecule has 0 N–H and O–H groups in total. The van der Waals surface area contributed by atoms with Crippen molar-refractivity contribution in [2.75, 3.05) is 25.3 Å². The van der Waals surface area contributed by atoms with E-state index in [0.717, 1.165) is 17.9 Å². The quantitative estimate of drug-likeness (QED) is 0.558. The van der Waals surface area contributed by atoms with Gasteiger partial charge in [0.1, 0.15) is 0 Å². The van der Waals surface area contributed by atoms with Crippen LogP contribution in [0.4, 0.5) is 5.69 Å². The lowest BCUT2D eigenvalue weighted by atomic mass is 10.3. The van der Waals surface area contributed by atoms with Crippen molar-refractivity contribution in [1.29, 1.82) is 5.26 Å². The number of benzene rings is 1. The Bertz CT molecular complexity index is 395. The minimum atomic E-state index is 0.289. The molecule has 0 aliphatic carbocycles. The molecule has 1 aromatic rings. The molecular formula is C13H17N3O. The fourth-order valence-corrected chi connectivity index (χ4v) is 1.45. The maximum Gasteiger partial charge on any atom is 0.0873 e. The summed E-state index contributed by atoms with van der Waals surface area (Å²) >= 11 is 0. The Labute approximate surface area is 102 Å². The van der Waals surface area contributed by atoms with Gasteiger partial charge in [-0.05, 0) is 19.1 Å². The minimum absolute atomic E-state index is 0.289. The van der Waals surface area contributed by atoms with Crippen LogP contribution >= 0.6 is 0 Å². The molecular weight excluding hydrogens is 214 g/mol. The van der Waals surface area contributed by atoms with Gasteiger partial charge >= 0.3 is 0 Å². The third-order valence-corrected chi connectivity index (χ3v) is 2.21. The molecule has 17 heavy (non-hydrogen) atoms. The lowest BCUT2D eigenvalue weighted by Crippen LogP contribution is -2.20. The zero-order valence-electron chi connectivity index (χ0n) is 10.3. The van der Waals surface area contributed by atoms with E-state index >= 15 is 0 Å². The minimum Gasteiger partial charge on any atom is -0.379 e. The molecule has 0 radical (unpaired) electrons. The number of ether oxygens (including phenoxy) is 1. The van der Waals surface area contributed by atoms with E-state index in [4.69, 9.17) is 10.00 Å². The van der Waals surface area contributed by atoms with Crippen molar-refractivity contribution in [3.05, 3.63) is 30.3 Å². The topological polar surface area (TPSA) is 48.6 Å². The zero-order chi connectivity index (χ0) is 12.5. The van der Waals surface area contributed by atoms with E-state index in [1.54, 1.807) is 7.11 Å². The van der Waals surface area contributed by atoms with E-state index in [-0.39, 0.29) is 6.42 Å². The van der Waals surface area contributed by atoms with Crippen LogP contribution in [-0.2, 0) is 4.74 Å². The van der Waals surface area contributed by atoms with E-state index in [9.17, 15) is 0 Å². The normalized spacial score (nSPS) is 11.0. The summed E-state index contributed by atoms with van der Waals surface area (Å²) in [4.78, 5) is 0. The van der Waals surface area contributed by atoms with Gasteiger partial charge in [-0.25, -0.2) is 0 Å². The molecule has 0 amide bonds. The van der Waals surface area contributed by atoms with Gasteiger partial charge < -0.3 is 4.74 Å². The van der Waals surface area contributed by atoms with Gasteiger partial charge in [0, 0.05) is 13.7 Å². The molecule has 0 bridgehead atoms. The first-order valence-electron chi connectivity index (χ1n) is 5.56. The summed E-state index contributed by atoms with van der Waals surface area (Å²) in [5, 5.41) is 15.0. The predicted octanol–water partition coefficient (Wildman–Crippen LogP) is 2.43. The van der Waals surface area contributed by atoms with Crippen LogP contribution < -0.4 is 5.01 Å². The molecule has 0 atom stereocenters. The first-order chi connectivity index (χ1) is 8.31. The van der Waals surface area contributed by atoms with Gasteiger partial charge in [-0.1, -0.05) is 18.2 Å². The first-order valence-corrected chi connectivity index (χ1v) is 5.56. The van der Waals surface area contributed by atoms with Crippen LogP contribution in [0.5, 0.6) is 0 Å². The van der Waals surface area contributed by atoms with Gasteiger partial charge in [0.15, 0.2) is 0 Å². The number of rotatable bonds is 6. The molecule has 0 saturated carbocycles. The van der Waals surface area contributed by atoms with Crippen LogP contribution in [0.25, 0.3) is 0 Å². The van der Waals surface area contributed by atoms with Crippen molar-refractivity contribution in [2.45, 2.75) is 13.3 Å². The average molecular weight is 231 g/mol. The first kappa shape index (κ1) is 13.2. The lowest BCUT2D eigenvalue weighted by Gasteiger charge is -2.18. The van der Waals surface area contributed by atoms with E-state index in [1.807, 2.05) is 42.3 Å². The largest absolute Gasteiger partial charge is 0.379 e. The fourth-order valence-electron chi connectivity index (χ4n) is 1.45. The van der Waals surface area contributed by atoms with Gasteiger partial charge in [0.05, 0.1) is 30.5 Å². The second-order valence-corrected chi connectivity index (χ2v) is 3.49. The number of para-hydroxylation sites is 1. The number of nitrogens with zero attached hydrogens (tertiary/aromatic N) is 3. The van der Waals surface area contributed by atoms with Gasteiger partial charge in [-0.2, -0.15) is 10.4 Å². The molecule has 90 valence electrons. The molecule has 0 aliphatic heterocycles. The Morgan fingerprint density at radius 3 is 2.65 bits per heavy atom. The highest BCUT2D eigenvalue weighted by molar-refractivity contribution is 5.88. The van der Waals surface area contributed by atoms with Crippen LogP contribution in [0, 0.1) is 11.3 Å². The summed E-state index contributed by atoms with van der Waals surface area (Å²) in [6.07, 6.45) is 0.289. The maximum atomic E-state index is 8.71. The molecule has 0 fully saturated rings. The number of nitriles is 1. The van der Waals surface area contributed by atoms with Crippen LogP contribution in [-0.4, -0.2) is 26.0 Å². The number of anilines is 1. The molecule has 0 saturated heterocycles. The monoisotopic (exact) mass is 231 g/mol. The molecule has 0 aliphatic rings. The van der Waals surface area contributed by atoms with Crippen LogP contribution in [0.3, 0.4) is 0 Å². The molecule has 1 aromatic carbocycles. The SMILES string of the molecule is CCN(/N=C(\CC#N)COC)c1ccccc1. The van der Waals surface area contributed by atoms with Gasteiger partial charge in [-0.3, -0.25) is 5.01 Å². The Hall–Kier alpha value is -1.86. The van der Waals surface area contributed by atoms with Crippen molar-refractivity contribution < 1.29 is 4.74 Å². The van der Waals surface area contributed by atoms with Crippen molar-refractivity contribution in [1.82, 2.24) is 0 Å². The van der Waals surface area contributed by atoms with Crippen LogP contribution in [0.15, 0.2) is 35.4 Å². The summed E-state index contributed by atoms with van der Waals surface area (Å²) in [5.41, 5.74) is 1.75. The van der Waals surface area contributed by atoms with Gasteiger partial charge in [0.25, 0.3) is 0 Å². The summed E-state index contributed by atoms with van der Waals surface area (Å²) < 4.78 is 5.03. The lowest BCUT2D eigenvalue weighted by molar-refractivity contribution is 0.244. The Morgan fingerprint density at radius 1 is 1.41 bits per heavy atom. The smallest absolute Gasteiger partial charge is 0.0873 e. The fraction of sp³-hybridized carbons (Fsp3) is 0.385. The molecule has 0 spiro atoms. The maximum absolute atomic E-state index is 8.71. The average Bonchev–Trinajstić information content (AvgIpc) is 2.37. The highest BCUT2D eigenvalue weighted by Gasteiger charge is 2.04. The van der Waals surface area contributed by atoms with Crippen LogP contribution in [0.1, 0.15) is 13.3 Å². The van der Waals surface area contributed by atoms with E-state index in [1.165, 1.54) is 0 Å². The van der Waals surface area contributed by atoms with E-state index in [2.05, 4.69) is 11.2 Å². The van der Waals surface area contributed by atoms with Crippen molar-refractivity contribution >= 4 is 11.4 Å².